The monoisotopic (exact) mass is 294 g/mol. The molecule has 3 fully saturated rings. The van der Waals surface area contributed by atoms with Crippen LogP contribution in [0.1, 0.15) is 66.9 Å². The van der Waals surface area contributed by atoms with Crippen LogP contribution in [0.15, 0.2) is 11.6 Å². The first-order chi connectivity index (χ1) is 12.3. The highest BCUT2D eigenvalue weighted by Gasteiger charge is 2.58. The summed E-state index contributed by atoms with van der Waals surface area (Å²) in [6, 6.07) is -0.628. The van der Waals surface area contributed by atoms with Gasteiger partial charge in [-0.2, -0.15) is 0 Å². The van der Waals surface area contributed by atoms with Crippen LogP contribution in [0, 0.1) is 35.0 Å². The molecule has 0 saturated heterocycles. The van der Waals surface area contributed by atoms with Crippen LogP contribution in [0.4, 0.5) is 0 Å². The number of carbonyl (C=O) groups is 1. The molecule has 1 N–H and O–H groups in total. The molecule has 0 spiro atoms. The Kier molecular flexibility index (Phi) is 1.97. The predicted octanol–water partition coefficient (Wildman–Crippen LogP) is 3.74. The van der Waals surface area contributed by atoms with Crippen LogP contribution in [0.5, 0.6) is 0 Å². The molecule has 0 aromatic rings. The first kappa shape index (κ1) is 8.86. The van der Waals surface area contributed by atoms with Crippen LogP contribution < -0.4 is 0 Å². The number of ketones is 1. The van der Waals surface area contributed by atoms with E-state index in [4.69, 9.17) is 6.85 Å². The Balaban J connectivity index is 1.90. The van der Waals surface area contributed by atoms with E-state index < -0.39 is 36.6 Å². The number of aliphatic hydroxyl groups is 1. The van der Waals surface area contributed by atoms with E-state index >= 15 is 0 Å². The third kappa shape index (κ3) is 1.91. The fraction of sp³-hybridized carbons (Fsp3) is 0.842. The summed E-state index contributed by atoms with van der Waals surface area (Å²) in [6.07, 6.45) is -2.78. The summed E-state index contributed by atoms with van der Waals surface area (Å²) in [5, 5.41) is 10.6. The fourth-order valence-corrected chi connectivity index (χ4v) is 5.76. The van der Waals surface area contributed by atoms with Gasteiger partial charge >= 0.3 is 0 Å². The van der Waals surface area contributed by atoms with E-state index in [2.05, 4.69) is 6.92 Å². The van der Waals surface area contributed by atoms with Gasteiger partial charge in [-0.05, 0) is 79.5 Å². The molecule has 3 saturated carbocycles. The Hall–Kier alpha value is -0.630. The lowest BCUT2D eigenvalue weighted by Crippen LogP contribution is -2.51. The second-order valence-electron chi connectivity index (χ2n) is 7.67. The van der Waals surface area contributed by atoms with Gasteiger partial charge in [0.25, 0.3) is 0 Å². The summed E-state index contributed by atoms with van der Waals surface area (Å²) in [5.74, 6) is -2.95. The maximum Gasteiger partial charge on any atom is 0.155 e. The summed E-state index contributed by atoms with van der Waals surface area (Å²) in [7, 11) is 0. The van der Waals surface area contributed by atoms with Crippen molar-refractivity contribution in [1.82, 2.24) is 0 Å². The first-order valence-corrected chi connectivity index (χ1v) is 8.20. The van der Waals surface area contributed by atoms with Gasteiger partial charge in [0.2, 0.25) is 0 Å². The molecule has 21 heavy (non-hydrogen) atoms. The van der Waals surface area contributed by atoms with E-state index in [0.29, 0.717) is 12.8 Å². The Morgan fingerprint density at radius 3 is 3.00 bits per heavy atom. The molecular formula is C19H28O2. The third-order valence-corrected chi connectivity index (χ3v) is 6.63. The molecule has 0 amide bonds. The maximum atomic E-state index is 12.3. The highest BCUT2D eigenvalue weighted by atomic mass is 16.3. The zero-order valence-electron chi connectivity index (χ0n) is 18.8. The molecule has 0 heterocycles. The van der Waals surface area contributed by atoms with E-state index in [0.717, 1.165) is 6.42 Å². The van der Waals surface area contributed by atoms with Gasteiger partial charge in [-0.15, -0.1) is 0 Å². The molecular weight excluding hydrogens is 260 g/mol. The zero-order valence-corrected chi connectivity index (χ0v) is 12.8. The lowest BCUT2D eigenvalue weighted by molar-refractivity contribution is -0.117. The minimum absolute atomic E-state index is 0.00981. The number of fused-ring (bicyclic) bond motifs is 5. The van der Waals surface area contributed by atoms with E-state index in [1.54, 1.807) is 0 Å². The highest BCUT2D eigenvalue weighted by Crippen LogP contribution is 2.63. The first-order valence-electron chi connectivity index (χ1n) is 11.2. The van der Waals surface area contributed by atoms with Crippen LogP contribution in [0.3, 0.4) is 0 Å². The molecule has 116 valence electrons. The van der Waals surface area contributed by atoms with Crippen molar-refractivity contribution in [2.45, 2.75) is 64.8 Å². The average molecular weight is 294 g/mol. The van der Waals surface area contributed by atoms with E-state index in [1.165, 1.54) is 0 Å². The summed E-state index contributed by atoms with van der Waals surface area (Å²) < 4.78 is 50.9. The minimum atomic E-state index is -2.31. The molecule has 4 rings (SSSR count). The van der Waals surface area contributed by atoms with Crippen LogP contribution in [0.25, 0.3) is 0 Å². The van der Waals surface area contributed by atoms with Crippen LogP contribution in [-0.4, -0.2) is 17.0 Å². The topological polar surface area (TPSA) is 37.3 Å². The molecule has 0 radical (unpaired) electrons. The Bertz CT molecular complexity index is 734. The fourth-order valence-electron chi connectivity index (χ4n) is 5.76. The van der Waals surface area contributed by atoms with Crippen molar-refractivity contribution in [1.29, 1.82) is 0 Å². The molecule has 4 aliphatic rings. The van der Waals surface area contributed by atoms with Gasteiger partial charge in [0.1, 0.15) is 0 Å². The van der Waals surface area contributed by atoms with E-state index in [9.17, 15) is 11.3 Å². The Labute approximate surface area is 136 Å². The van der Waals surface area contributed by atoms with Gasteiger partial charge in [-0.3, -0.25) is 4.79 Å². The average Bonchev–Trinajstić information content (AvgIpc) is 2.78. The number of allylic oxidation sites excluding steroid dienone is 1. The minimum Gasteiger partial charge on any atom is -0.393 e. The van der Waals surface area contributed by atoms with Gasteiger partial charge in [0.05, 0.1) is 7.47 Å². The van der Waals surface area contributed by atoms with Crippen molar-refractivity contribution in [3.8, 4) is 0 Å². The van der Waals surface area contributed by atoms with Crippen molar-refractivity contribution in [2.75, 3.05) is 0 Å². The number of aliphatic hydroxyl groups excluding tert-OH is 1. The van der Waals surface area contributed by atoms with Gasteiger partial charge in [-0.1, -0.05) is 19.4 Å². The van der Waals surface area contributed by atoms with Crippen molar-refractivity contribution in [3.05, 3.63) is 11.6 Å². The van der Waals surface area contributed by atoms with Gasteiger partial charge in [-0.25, -0.2) is 0 Å². The molecule has 2 heteroatoms. The van der Waals surface area contributed by atoms with Crippen LogP contribution in [0.2, 0.25) is 0 Å². The van der Waals surface area contributed by atoms with Crippen molar-refractivity contribution in [3.63, 3.8) is 0 Å². The molecule has 0 aromatic heterocycles. The van der Waals surface area contributed by atoms with Crippen LogP contribution >= 0.6 is 0 Å². The smallest absolute Gasteiger partial charge is 0.155 e. The Morgan fingerprint density at radius 2 is 2.19 bits per heavy atom. The van der Waals surface area contributed by atoms with Crippen molar-refractivity contribution < 1.29 is 18.1 Å². The second-order valence-corrected chi connectivity index (χ2v) is 7.67. The quantitative estimate of drug-likeness (QED) is 0.739. The lowest BCUT2D eigenvalue weighted by Gasteiger charge is -2.56. The number of carbonyl (C=O) groups excluding carboxylic acids is 1. The summed E-state index contributed by atoms with van der Waals surface area (Å²) in [5.41, 5.74) is -0.410. The summed E-state index contributed by atoms with van der Waals surface area (Å²) in [4.78, 5) is 12.3. The molecule has 0 bridgehead atoms. The number of hydrogen-bond acceptors (Lipinski definition) is 2. The molecule has 4 aliphatic carbocycles. The molecule has 0 aliphatic heterocycles. The van der Waals surface area contributed by atoms with Crippen LogP contribution in [-0.2, 0) is 4.79 Å². The zero-order chi connectivity index (χ0) is 20.2. The summed E-state index contributed by atoms with van der Waals surface area (Å²) >= 11 is 0. The third-order valence-electron chi connectivity index (χ3n) is 6.63. The number of hydrogen-bond donors (Lipinski definition) is 1. The van der Waals surface area contributed by atoms with Crippen molar-refractivity contribution in [2.24, 2.45) is 35.0 Å². The lowest BCUT2D eigenvalue weighted by atomic mass is 9.49. The van der Waals surface area contributed by atoms with E-state index in [-0.39, 0.29) is 47.5 Å². The number of rotatable bonds is 0. The van der Waals surface area contributed by atoms with E-state index in [1.807, 2.05) is 6.92 Å². The largest absolute Gasteiger partial charge is 0.393 e. The summed E-state index contributed by atoms with van der Waals surface area (Å²) in [6.45, 7) is 4.08. The highest BCUT2D eigenvalue weighted by molar-refractivity contribution is 5.91. The maximum absolute atomic E-state index is 12.3. The van der Waals surface area contributed by atoms with Crippen molar-refractivity contribution >= 4 is 5.78 Å². The molecule has 0 aromatic carbocycles. The molecule has 7 unspecified atom stereocenters. The van der Waals surface area contributed by atoms with Gasteiger partial charge in [0, 0.05) is 13.2 Å². The van der Waals surface area contributed by atoms with Gasteiger partial charge < -0.3 is 5.11 Å². The molecule has 2 nitrogen and oxygen atoms in total. The normalized spacial score (nSPS) is 65.7. The van der Waals surface area contributed by atoms with Gasteiger partial charge in [0.15, 0.2) is 5.78 Å². The SMILES string of the molecule is [2H]C1=C2C([2H])([2H])CC3C(C(C)CC4(C)C(O)CCC34)C2([2H])CC([2H])([2H])C1=O. The second kappa shape index (κ2) is 4.68. The predicted molar refractivity (Wildman–Crippen MR) is 82.6 cm³/mol. The molecule has 7 atom stereocenters. The standard InChI is InChI=1S/C19H28O2/c1-11-10-19(2)16(7-8-17(19)21)15-5-3-12-9-13(20)4-6-14(12)18(11)15/h9,11,14-18,21H,3-8,10H2,1-2H3/i3D2,4D2,9D,14D. The Morgan fingerprint density at radius 1 is 1.38 bits per heavy atom.